The second-order valence-electron chi connectivity index (χ2n) is 5.83. The SMILES string of the molecule is C[C@H](Cc1cc2ccccc2o1)NC(=O)CCSc1ccccc1. The summed E-state index contributed by atoms with van der Waals surface area (Å²) in [4.78, 5) is 13.2. The van der Waals surface area contributed by atoms with E-state index in [1.807, 2.05) is 55.5 Å². The number of para-hydroxylation sites is 1. The van der Waals surface area contributed by atoms with E-state index >= 15 is 0 Å². The van der Waals surface area contributed by atoms with Gasteiger partial charge in [0.15, 0.2) is 0 Å². The van der Waals surface area contributed by atoms with Crippen LogP contribution in [0.3, 0.4) is 0 Å². The summed E-state index contributed by atoms with van der Waals surface area (Å²) < 4.78 is 5.80. The number of furan rings is 1. The third kappa shape index (κ3) is 4.65. The molecule has 124 valence electrons. The van der Waals surface area contributed by atoms with Gasteiger partial charge in [-0.05, 0) is 31.2 Å². The third-order valence-corrected chi connectivity index (χ3v) is 4.75. The van der Waals surface area contributed by atoms with E-state index in [9.17, 15) is 4.79 Å². The summed E-state index contributed by atoms with van der Waals surface area (Å²) in [6.45, 7) is 2.01. The lowest BCUT2D eigenvalue weighted by molar-refractivity contribution is -0.121. The van der Waals surface area contributed by atoms with Crippen molar-refractivity contribution in [3.8, 4) is 0 Å². The van der Waals surface area contributed by atoms with Gasteiger partial charge in [-0.1, -0.05) is 36.4 Å². The van der Waals surface area contributed by atoms with Crippen molar-refractivity contribution in [2.75, 3.05) is 5.75 Å². The summed E-state index contributed by atoms with van der Waals surface area (Å²) in [6.07, 6.45) is 1.22. The number of hydrogen-bond acceptors (Lipinski definition) is 3. The summed E-state index contributed by atoms with van der Waals surface area (Å²) in [5, 5.41) is 4.15. The molecular formula is C20H21NO2S. The van der Waals surface area contributed by atoms with Gasteiger partial charge >= 0.3 is 0 Å². The number of benzene rings is 2. The number of rotatable bonds is 7. The molecule has 0 unspecified atom stereocenters. The van der Waals surface area contributed by atoms with Crippen molar-refractivity contribution in [1.82, 2.24) is 5.32 Å². The van der Waals surface area contributed by atoms with Gasteiger partial charge in [0, 0.05) is 34.9 Å². The molecule has 0 radical (unpaired) electrons. The summed E-state index contributed by atoms with van der Waals surface area (Å²) in [7, 11) is 0. The normalized spacial score (nSPS) is 12.2. The van der Waals surface area contributed by atoms with Crippen molar-refractivity contribution in [3.63, 3.8) is 0 Å². The maximum atomic E-state index is 12.1. The molecule has 0 aliphatic heterocycles. The van der Waals surface area contributed by atoms with Crippen LogP contribution in [0.2, 0.25) is 0 Å². The van der Waals surface area contributed by atoms with Crippen LogP contribution in [0, 0.1) is 0 Å². The van der Waals surface area contributed by atoms with E-state index in [0.29, 0.717) is 12.8 Å². The van der Waals surface area contributed by atoms with Crippen LogP contribution in [0.1, 0.15) is 19.1 Å². The molecule has 4 heteroatoms. The van der Waals surface area contributed by atoms with Crippen molar-refractivity contribution < 1.29 is 9.21 Å². The fourth-order valence-corrected chi connectivity index (χ4v) is 3.49. The van der Waals surface area contributed by atoms with E-state index < -0.39 is 0 Å². The molecule has 0 bridgehead atoms. The van der Waals surface area contributed by atoms with Gasteiger partial charge in [0.1, 0.15) is 11.3 Å². The number of amides is 1. The Morgan fingerprint density at radius 2 is 1.88 bits per heavy atom. The second-order valence-corrected chi connectivity index (χ2v) is 7.00. The Morgan fingerprint density at radius 1 is 1.12 bits per heavy atom. The lowest BCUT2D eigenvalue weighted by Gasteiger charge is -2.12. The predicted octanol–water partition coefficient (Wildman–Crippen LogP) is 4.66. The summed E-state index contributed by atoms with van der Waals surface area (Å²) >= 11 is 1.70. The minimum absolute atomic E-state index is 0.0554. The van der Waals surface area contributed by atoms with Gasteiger partial charge < -0.3 is 9.73 Å². The van der Waals surface area contributed by atoms with Gasteiger partial charge in [-0.3, -0.25) is 4.79 Å². The minimum atomic E-state index is 0.0554. The molecule has 1 amide bonds. The Labute approximate surface area is 146 Å². The summed E-state index contributed by atoms with van der Waals surface area (Å²) in [5.41, 5.74) is 0.894. The molecule has 0 aliphatic carbocycles. The lowest BCUT2D eigenvalue weighted by Crippen LogP contribution is -2.34. The predicted molar refractivity (Wildman–Crippen MR) is 99.3 cm³/mol. The molecule has 1 heterocycles. The Balaban J connectivity index is 1.44. The van der Waals surface area contributed by atoms with Crippen LogP contribution in [0.5, 0.6) is 0 Å². The van der Waals surface area contributed by atoms with E-state index in [-0.39, 0.29) is 11.9 Å². The summed E-state index contributed by atoms with van der Waals surface area (Å²) in [6, 6.07) is 20.2. The van der Waals surface area contributed by atoms with E-state index in [2.05, 4.69) is 17.4 Å². The van der Waals surface area contributed by atoms with Crippen LogP contribution >= 0.6 is 11.8 Å². The van der Waals surface area contributed by atoms with Crippen molar-refractivity contribution in [3.05, 3.63) is 66.4 Å². The Kier molecular flexibility index (Phi) is 5.59. The molecular weight excluding hydrogens is 318 g/mol. The monoisotopic (exact) mass is 339 g/mol. The van der Waals surface area contributed by atoms with Crippen molar-refractivity contribution in [2.24, 2.45) is 0 Å². The molecule has 1 aromatic heterocycles. The number of thioether (sulfide) groups is 1. The van der Waals surface area contributed by atoms with E-state index in [0.717, 1.165) is 22.5 Å². The van der Waals surface area contributed by atoms with Crippen molar-refractivity contribution in [1.29, 1.82) is 0 Å². The Morgan fingerprint density at radius 3 is 2.67 bits per heavy atom. The van der Waals surface area contributed by atoms with E-state index in [4.69, 9.17) is 4.42 Å². The standard InChI is InChI=1S/C20H21NO2S/c1-15(13-17-14-16-7-5-6-10-19(16)23-17)21-20(22)11-12-24-18-8-3-2-4-9-18/h2-10,14-15H,11-13H2,1H3,(H,21,22)/t15-/m1/s1. The molecule has 3 nitrogen and oxygen atoms in total. The maximum absolute atomic E-state index is 12.1. The van der Waals surface area contributed by atoms with Crippen LogP contribution in [0.4, 0.5) is 0 Å². The first-order valence-corrected chi connectivity index (χ1v) is 9.14. The van der Waals surface area contributed by atoms with Crippen LogP contribution < -0.4 is 5.32 Å². The van der Waals surface area contributed by atoms with Gasteiger partial charge in [-0.15, -0.1) is 11.8 Å². The number of nitrogens with one attached hydrogen (secondary N) is 1. The smallest absolute Gasteiger partial charge is 0.221 e. The molecule has 1 atom stereocenters. The molecule has 24 heavy (non-hydrogen) atoms. The van der Waals surface area contributed by atoms with Crippen LogP contribution in [-0.4, -0.2) is 17.7 Å². The van der Waals surface area contributed by atoms with E-state index in [1.165, 1.54) is 4.90 Å². The molecule has 0 spiro atoms. The Bertz CT molecular complexity index is 765. The van der Waals surface area contributed by atoms with Gasteiger partial charge in [-0.25, -0.2) is 0 Å². The van der Waals surface area contributed by atoms with Crippen LogP contribution in [-0.2, 0) is 11.2 Å². The fourth-order valence-electron chi connectivity index (χ4n) is 2.62. The van der Waals surface area contributed by atoms with Gasteiger partial charge in [-0.2, -0.15) is 0 Å². The van der Waals surface area contributed by atoms with Crippen molar-refractivity contribution in [2.45, 2.75) is 30.7 Å². The number of hydrogen-bond donors (Lipinski definition) is 1. The minimum Gasteiger partial charge on any atom is -0.461 e. The molecule has 0 aliphatic rings. The highest BCUT2D eigenvalue weighted by molar-refractivity contribution is 7.99. The first-order chi connectivity index (χ1) is 11.7. The molecule has 0 fully saturated rings. The van der Waals surface area contributed by atoms with Gasteiger partial charge in [0.2, 0.25) is 5.91 Å². The zero-order valence-electron chi connectivity index (χ0n) is 13.7. The third-order valence-electron chi connectivity index (χ3n) is 3.73. The van der Waals surface area contributed by atoms with Crippen molar-refractivity contribution >= 4 is 28.6 Å². The summed E-state index contributed by atoms with van der Waals surface area (Å²) in [5.74, 6) is 1.78. The molecule has 1 N–H and O–H groups in total. The van der Waals surface area contributed by atoms with Gasteiger partial charge in [0.05, 0.1) is 0 Å². The molecule has 0 saturated heterocycles. The van der Waals surface area contributed by atoms with E-state index in [1.54, 1.807) is 11.8 Å². The fraction of sp³-hybridized carbons (Fsp3) is 0.250. The quantitative estimate of drug-likeness (QED) is 0.637. The highest BCUT2D eigenvalue weighted by Crippen LogP contribution is 2.20. The lowest BCUT2D eigenvalue weighted by atomic mass is 10.1. The zero-order valence-corrected chi connectivity index (χ0v) is 14.5. The highest BCUT2D eigenvalue weighted by Gasteiger charge is 2.11. The second kappa shape index (κ2) is 8.06. The topological polar surface area (TPSA) is 42.2 Å². The average Bonchev–Trinajstić information content (AvgIpc) is 2.97. The van der Waals surface area contributed by atoms with Gasteiger partial charge in [0.25, 0.3) is 0 Å². The number of fused-ring (bicyclic) bond motifs is 1. The average molecular weight is 339 g/mol. The largest absolute Gasteiger partial charge is 0.461 e. The molecule has 3 rings (SSSR count). The maximum Gasteiger partial charge on any atom is 0.221 e. The first-order valence-electron chi connectivity index (χ1n) is 8.15. The molecule has 0 saturated carbocycles. The van der Waals surface area contributed by atoms with Crippen LogP contribution in [0.25, 0.3) is 11.0 Å². The zero-order chi connectivity index (χ0) is 16.8. The van der Waals surface area contributed by atoms with Crippen LogP contribution in [0.15, 0.2) is 70.0 Å². The molecule has 3 aromatic rings. The number of carbonyl (C=O) groups is 1. The first kappa shape index (κ1) is 16.7. The number of carbonyl (C=O) groups excluding carboxylic acids is 1. The molecule has 2 aromatic carbocycles. The Hall–Kier alpha value is -2.20. The highest BCUT2D eigenvalue weighted by atomic mass is 32.2.